The molecular formula is C16H20O6. The van der Waals surface area contributed by atoms with Gasteiger partial charge in [-0.05, 0) is 12.5 Å². The van der Waals surface area contributed by atoms with E-state index in [1.165, 1.54) is 0 Å². The standard InChI is InChI=1S/C16H20O6/c1-5-22-15(19)16(13(17)20-3,14(18)21-4)11(2)12-9-7-6-8-10-12/h6-11H,5H2,1-4H3. The van der Waals surface area contributed by atoms with Crippen molar-refractivity contribution in [3.63, 3.8) is 0 Å². The number of hydrogen-bond donors (Lipinski definition) is 0. The summed E-state index contributed by atoms with van der Waals surface area (Å²) in [6.07, 6.45) is 0. The van der Waals surface area contributed by atoms with Crippen LogP contribution in [0.25, 0.3) is 0 Å². The van der Waals surface area contributed by atoms with Crippen molar-refractivity contribution in [2.45, 2.75) is 19.8 Å². The van der Waals surface area contributed by atoms with Gasteiger partial charge >= 0.3 is 17.9 Å². The van der Waals surface area contributed by atoms with Crippen LogP contribution < -0.4 is 0 Å². The lowest BCUT2D eigenvalue weighted by molar-refractivity contribution is -0.183. The molecule has 0 aliphatic rings. The highest BCUT2D eigenvalue weighted by Gasteiger charge is 2.61. The Morgan fingerprint density at radius 1 is 1.00 bits per heavy atom. The SMILES string of the molecule is CCOC(=O)C(C(=O)OC)(C(=O)OC)C(C)c1ccccc1. The molecule has 0 N–H and O–H groups in total. The van der Waals surface area contributed by atoms with Crippen LogP contribution in [-0.4, -0.2) is 38.7 Å². The van der Waals surface area contributed by atoms with Crippen molar-refractivity contribution < 1.29 is 28.6 Å². The molecule has 22 heavy (non-hydrogen) atoms. The molecule has 0 aliphatic carbocycles. The van der Waals surface area contributed by atoms with Gasteiger partial charge in [0, 0.05) is 5.92 Å². The second-order valence-electron chi connectivity index (χ2n) is 4.64. The lowest BCUT2D eigenvalue weighted by Crippen LogP contribution is -2.52. The van der Waals surface area contributed by atoms with Gasteiger partial charge in [-0.1, -0.05) is 37.3 Å². The van der Waals surface area contributed by atoms with E-state index in [0.29, 0.717) is 5.56 Å². The summed E-state index contributed by atoms with van der Waals surface area (Å²) in [6, 6.07) is 8.71. The molecule has 0 aromatic heterocycles. The number of hydrogen-bond acceptors (Lipinski definition) is 6. The Morgan fingerprint density at radius 2 is 1.50 bits per heavy atom. The maximum atomic E-state index is 12.5. The lowest BCUT2D eigenvalue weighted by Gasteiger charge is -2.31. The van der Waals surface area contributed by atoms with Crippen molar-refractivity contribution in [2.24, 2.45) is 5.41 Å². The molecule has 0 bridgehead atoms. The Morgan fingerprint density at radius 3 is 1.91 bits per heavy atom. The second kappa shape index (κ2) is 7.59. The van der Waals surface area contributed by atoms with E-state index >= 15 is 0 Å². The van der Waals surface area contributed by atoms with E-state index in [4.69, 9.17) is 14.2 Å². The molecule has 1 atom stereocenters. The van der Waals surface area contributed by atoms with E-state index in [-0.39, 0.29) is 6.61 Å². The number of ether oxygens (including phenoxy) is 3. The molecule has 1 aromatic carbocycles. The molecule has 120 valence electrons. The quantitative estimate of drug-likeness (QED) is 0.452. The maximum Gasteiger partial charge on any atom is 0.335 e. The predicted molar refractivity (Wildman–Crippen MR) is 78.0 cm³/mol. The number of methoxy groups -OCH3 is 2. The maximum absolute atomic E-state index is 12.5. The zero-order chi connectivity index (χ0) is 16.8. The Hall–Kier alpha value is -2.37. The van der Waals surface area contributed by atoms with Gasteiger partial charge in [-0.2, -0.15) is 0 Å². The number of carbonyl (C=O) groups is 3. The minimum Gasteiger partial charge on any atom is -0.468 e. The molecule has 0 saturated carbocycles. The molecule has 0 radical (unpaired) electrons. The molecule has 1 rings (SSSR count). The summed E-state index contributed by atoms with van der Waals surface area (Å²) in [6.45, 7) is 3.20. The number of esters is 3. The normalized spacial score (nSPS) is 12.2. The van der Waals surface area contributed by atoms with Crippen LogP contribution in [0.4, 0.5) is 0 Å². The summed E-state index contributed by atoms with van der Waals surface area (Å²) >= 11 is 0. The third-order valence-electron chi connectivity index (χ3n) is 3.56. The van der Waals surface area contributed by atoms with Crippen molar-refractivity contribution in [1.29, 1.82) is 0 Å². The first-order chi connectivity index (χ1) is 10.5. The zero-order valence-electron chi connectivity index (χ0n) is 13.1. The van der Waals surface area contributed by atoms with Gasteiger partial charge in [0.05, 0.1) is 20.8 Å². The van der Waals surface area contributed by atoms with Gasteiger partial charge in [0.15, 0.2) is 0 Å². The molecular weight excluding hydrogens is 288 g/mol. The lowest BCUT2D eigenvalue weighted by atomic mass is 9.72. The van der Waals surface area contributed by atoms with Crippen molar-refractivity contribution in [1.82, 2.24) is 0 Å². The van der Waals surface area contributed by atoms with Crippen LogP contribution in [0.15, 0.2) is 30.3 Å². The number of rotatable bonds is 6. The van der Waals surface area contributed by atoms with Crippen molar-refractivity contribution in [3.05, 3.63) is 35.9 Å². The van der Waals surface area contributed by atoms with Crippen LogP contribution >= 0.6 is 0 Å². The predicted octanol–water partition coefficient (Wildman–Crippen LogP) is 1.69. The van der Waals surface area contributed by atoms with E-state index in [2.05, 4.69) is 0 Å². The average Bonchev–Trinajstić information content (AvgIpc) is 2.55. The van der Waals surface area contributed by atoms with Crippen LogP contribution in [0, 0.1) is 5.41 Å². The van der Waals surface area contributed by atoms with Crippen molar-refractivity contribution in [2.75, 3.05) is 20.8 Å². The molecule has 0 fully saturated rings. The van der Waals surface area contributed by atoms with Gasteiger partial charge in [-0.15, -0.1) is 0 Å². The van der Waals surface area contributed by atoms with Gasteiger partial charge in [0.2, 0.25) is 0 Å². The van der Waals surface area contributed by atoms with Crippen molar-refractivity contribution >= 4 is 17.9 Å². The smallest absolute Gasteiger partial charge is 0.335 e. The molecule has 0 aliphatic heterocycles. The third-order valence-corrected chi connectivity index (χ3v) is 3.56. The largest absolute Gasteiger partial charge is 0.468 e. The number of carbonyl (C=O) groups excluding carboxylic acids is 3. The van der Waals surface area contributed by atoms with Gasteiger partial charge in [-0.3, -0.25) is 14.4 Å². The van der Waals surface area contributed by atoms with Crippen LogP contribution in [0.3, 0.4) is 0 Å². The van der Waals surface area contributed by atoms with Crippen LogP contribution in [0.2, 0.25) is 0 Å². The molecule has 0 spiro atoms. The van der Waals surface area contributed by atoms with E-state index < -0.39 is 29.2 Å². The van der Waals surface area contributed by atoms with E-state index in [1.807, 2.05) is 0 Å². The molecule has 6 heteroatoms. The molecule has 0 heterocycles. The summed E-state index contributed by atoms with van der Waals surface area (Å²) in [5.74, 6) is -3.80. The first kappa shape index (κ1) is 17.7. The van der Waals surface area contributed by atoms with E-state index in [0.717, 1.165) is 14.2 Å². The fourth-order valence-corrected chi connectivity index (χ4v) is 2.34. The van der Waals surface area contributed by atoms with E-state index in [9.17, 15) is 14.4 Å². The molecule has 0 amide bonds. The minimum atomic E-state index is -2.19. The topological polar surface area (TPSA) is 78.9 Å². The van der Waals surface area contributed by atoms with Gasteiger partial charge < -0.3 is 14.2 Å². The molecule has 1 unspecified atom stereocenters. The van der Waals surface area contributed by atoms with Gasteiger partial charge in [0.1, 0.15) is 0 Å². The highest BCUT2D eigenvalue weighted by atomic mass is 16.6. The highest BCUT2D eigenvalue weighted by molar-refractivity contribution is 6.18. The monoisotopic (exact) mass is 308 g/mol. The van der Waals surface area contributed by atoms with Crippen LogP contribution in [0.1, 0.15) is 25.3 Å². The van der Waals surface area contributed by atoms with Crippen LogP contribution in [-0.2, 0) is 28.6 Å². The fraction of sp³-hybridized carbons (Fsp3) is 0.438. The summed E-state index contributed by atoms with van der Waals surface area (Å²) < 4.78 is 14.4. The van der Waals surface area contributed by atoms with Crippen molar-refractivity contribution in [3.8, 4) is 0 Å². The Balaban J connectivity index is 3.51. The van der Waals surface area contributed by atoms with E-state index in [1.54, 1.807) is 44.2 Å². The summed E-state index contributed by atoms with van der Waals surface area (Å²) in [7, 11) is 2.22. The third kappa shape index (κ3) is 2.95. The first-order valence-electron chi connectivity index (χ1n) is 6.85. The fourth-order valence-electron chi connectivity index (χ4n) is 2.34. The Kier molecular flexibility index (Phi) is 6.10. The zero-order valence-corrected chi connectivity index (χ0v) is 13.1. The second-order valence-corrected chi connectivity index (χ2v) is 4.64. The van der Waals surface area contributed by atoms with Gasteiger partial charge in [0.25, 0.3) is 5.41 Å². The average molecular weight is 308 g/mol. The molecule has 0 saturated heterocycles. The van der Waals surface area contributed by atoms with Gasteiger partial charge in [-0.25, -0.2) is 0 Å². The Bertz CT molecular complexity index is 521. The summed E-state index contributed by atoms with van der Waals surface area (Å²) in [5, 5.41) is 0. The Labute approximate surface area is 129 Å². The molecule has 1 aromatic rings. The van der Waals surface area contributed by atoms with Crippen LogP contribution in [0.5, 0.6) is 0 Å². The minimum absolute atomic E-state index is 0.0239. The highest BCUT2D eigenvalue weighted by Crippen LogP contribution is 2.39. The number of benzene rings is 1. The summed E-state index contributed by atoms with van der Waals surface area (Å²) in [4.78, 5) is 37.1. The summed E-state index contributed by atoms with van der Waals surface area (Å²) in [5.41, 5.74) is -1.58. The first-order valence-corrected chi connectivity index (χ1v) is 6.85. The molecule has 6 nitrogen and oxygen atoms in total.